The second-order valence-electron chi connectivity index (χ2n) is 4.81. The third kappa shape index (κ3) is 2.52. The first-order valence-electron chi connectivity index (χ1n) is 6.23. The van der Waals surface area contributed by atoms with Gasteiger partial charge in [0.15, 0.2) is 0 Å². The maximum Gasteiger partial charge on any atom is 0.0410 e. The predicted octanol–water partition coefficient (Wildman–Crippen LogP) is 4.64. The third-order valence-electron chi connectivity index (χ3n) is 3.71. The molecule has 0 saturated heterocycles. The van der Waals surface area contributed by atoms with Crippen molar-refractivity contribution in [1.29, 1.82) is 0 Å². The van der Waals surface area contributed by atoms with Crippen LogP contribution in [0.3, 0.4) is 0 Å². The average Bonchev–Trinajstić information content (AvgIpc) is 2.69. The molecule has 1 aromatic rings. The molecule has 88 valence electrons. The highest BCUT2D eigenvalue weighted by Gasteiger charge is 2.25. The summed E-state index contributed by atoms with van der Waals surface area (Å²) >= 11 is 5.96. The van der Waals surface area contributed by atoms with Crippen LogP contribution < -0.4 is 5.32 Å². The van der Waals surface area contributed by atoms with Crippen LogP contribution in [0.15, 0.2) is 18.2 Å². The first kappa shape index (κ1) is 11.8. The highest BCUT2D eigenvalue weighted by Crippen LogP contribution is 2.31. The normalized spacial score (nSPS) is 24.7. The molecule has 0 aliphatic heterocycles. The van der Waals surface area contributed by atoms with Gasteiger partial charge in [0.25, 0.3) is 0 Å². The Morgan fingerprint density at radius 1 is 1.38 bits per heavy atom. The zero-order chi connectivity index (χ0) is 11.5. The molecule has 1 nitrogen and oxygen atoms in total. The van der Waals surface area contributed by atoms with Crippen LogP contribution in [-0.2, 0) is 0 Å². The summed E-state index contributed by atoms with van der Waals surface area (Å²) in [6.45, 7) is 4.41. The zero-order valence-electron chi connectivity index (χ0n) is 10.1. The molecule has 1 fully saturated rings. The smallest absolute Gasteiger partial charge is 0.0410 e. The van der Waals surface area contributed by atoms with E-state index in [1.165, 1.54) is 36.9 Å². The lowest BCUT2D eigenvalue weighted by Crippen LogP contribution is -2.23. The molecule has 1 saturated carbocycles. The Morgan fingerprint density at radius 3 is 2.88 bits per heavy atom. The molecule has 16 heavy (non-hydrogen) atoms. The summed E-state index contributed by atoms with van der Waals surface area (Å²) in [4.78, 5) is 0. The lowest BCUT2D eigenvalue weighted by Gasteiger charge is -2.22. The van der Waals surface area contributed by atoms with Gasteiger partial charge in [-0.25, -0.2) is 0 Å². The van der Waals surface area contributed by atoms with Crippen molar-refractivity contribution in [2.75, 3.05) is 5.32 Å². The van der Waals surface area contributed by atoms with E-state index in [-0.39, 0.29) is 0 Å². The van der Waals surface area contributed by atoms with E-state index in [2.05, 4.69) is 25.2 Å². The summed E-state index contributed by atoms with van der Waals surface area (Å²) in [6, 6.07) is 6.75. The highest BCUT2D eigenvalue weighted by atomic mass is 35.5. The van der Waals surface area contributed by atoms with Gasteiger partial charge in [-0.15, -0.1) is 0 Å². The average molecular weight is 238 g/mol. The van der Waals surface area contributed by atoms with Crippen LogP contribution in [0.4, 0.5) is 5.69 Å². The van der Waals surface area contributed by atoms with Crippen LogP contribution in [0.25, 0.3) is 0 Å². The molecule has 2 unspecified atom stereocenters. The van der Waals surface area contributed by atoms with Crippen LogP contribution in [-0.4, -0.2) is 6.04 Å². The molecule has 0 spiro atoms. The molecule has 0 bridgehead atoms. The number of anilines is 1. The lowest BCUT2D eigenvalue weighted by molar-refractivity contribution is 0.489. The van der Waals surface area contributed by atoms with Gasteiger partial charge in [0.05, 0.1) is 0 Å². The van der Waals surface area contributed by atoms with Gasteiger partial charge in [-0.1, -0.05) is 31.4 Å². The first-order chi connectivity index (χ1) is 7.70. The van der Waals surface area contributed by atoms with Crippen LogP contribution >= 0.6 is 11.6 Å². The summed E-state index contributed by atoms with van der Waals surface area (Å²) in [5.41, 5.74) is 2.49. The molecule has 1 aliphatic rings. The quantitative estimate of drug-likeness (QED) is 0.808. The number of benzene rings is 1. The standard InChI is InChI=1S/C14H20ClN/c1-3-11-5-4-6-14(11)16-13-8-7-12(15)9-10(13)2/h7-9,11,14,16H,3-6H2,1-2H3. The number of hydrogen-bond acceptors (Lipinski definition) is 1. The minimum Gasteiger partial charge on any atom is -0.382 e. The van der Waals surface area contributed by atoms with E-state index in [0.717, 1.165) is 10.9 Å². The fourth-order valence-corrected chi connectivity index (χ4v) is 2.93. The van der Waals surface area contributed by atoms with Crippen molar-refractivity contribution in [3.05, 3.63) is 28.8 Å². The Kier molecular flexibility index (Phi) is 3.75. The maximum atomic E-state index is 5.96. The van der Waals surface area contributed by atoms with Crippen molar-refractivity contribution >= 4 is 17.3 Å². The summed E-state index contributed by atoms with van der Waals surface area (Å²) in [5, 5.41) is 4.50. The second-order valence-corrected chi connectivity index (χ2v) is 5.25. The Balaban J connectivity index is 2.08. The van der Waals surface area contributed by atoms with Crippen LogP contribution in [0.1, 0.15) is 38.2 Å². The fourth-order valence-electron chi connectivity index (χ4n) is 2.70. The van der Waals surface area contributed by atoms with Gasteiger partial charge in [-0.2, -0.15) is 0 Å². The summed E-state index contributed by atoms with van der Waals surface area (Å²) in [6.07, 6.45) is 5.33. The van der Waals surface area contributed by atoms with Gasteiger partial charge in [-0.3, -0.25) is 0 Å². The Labute approximate surface area is 103 Å². The van der Waals surface area contributed by atoms with Crippen LogP contribution in [0, 0.1) is 12.8 Å². The minimum absolute atomic E-state index is 0.657. The van der Waals surface area contributed by atoms with E-state index in [9.17, 15) is 0 Å². The van der Waals surface area contributed by atoms with E-state index < -0.39 is 0 Å². The molecule has 1 N–H and O–H groups in total. The van der Waals surface area contributed by atoms with E-state index in [1.54, 1.807) is 0 Å². The SMILES string of the molecule is CCC1CCCC1Nc1ccc(Cl)cc1C. The van der Waals surface area contributed by atoms with E-state index >= 15 is 0 Å². The highest BCUT2D eigenvalue weighted by molar-refractivity contribution is 6.30. The lowest BCUT2D eigenvalue weighted by atomic mass is 10.00. The fraction of sp³-hybridized carbons (Fsp3) is 0.571. The maximum absolute atomic E-state index is 5.96. The number of hydrogen-bond donors (Lipinski definition) is 1. The third-order valence-corrected chi connectivity index (χ3v) is 3.95. The number of halogens is 1. The van der Waals surface area contributed by atoms with Gasteiger partial charge in [0, 0.05) is 16.8 Å². The Bertz CT molecular complexity index is 362. The van der Waals surface area contributed by atoms with E-state index in [1.807, 2.05) is 12.1 Å². The predicted molar refractivity (Wildman–Crippen MR) is 71.2 cm³/mol. The monoisotopic (exact) mass is 237 g/mol. The number of aryl methyl sites for hydroxylation is 1. The summed E-state index contributed by atoms with van der Waals surface area (Å²) in [7, 11) is 0. The van der Waals surface area contributed by atoms with Crippen molar-refractivity contribution < 1.29 is 0 Å². The van der Waals surface area contributed by atoms with Gasteiger partial charge in [-0.05, 0) is 49.4 Å². The Hall–Kier alpha value is -0.690. The molecular formula is C14H20ClN. The molecule has 2 rings (SSSR count). The van der Waals surface area contributed by atoms with Crippen molar-refractivity contribution in [3.8, 4) is 0 Å². The van der Waals surface area contributed by atoms with Gasteiger partial charge in [0.1, 0.15) is 0 Å². The van der Waals surface area contributed by atoms with Crippen molar-refractivity contribution in [2.24, 2.45) is 5.92 Å². The number of rotatable bonds is 3. The van der Waals surface area contributed by atoms with Gasteiger partial charge < -0.3 is 5.32 Å². The van der Waals surface area contributed by atoms with Crippen molar-refractivity contribution in [2.45, 2.75) is 45.6 Å². The van der Waals surface area contributed by atoms with Crippen molar-refractivity contribution in [1.82, 2.24) is 0 Å². The number of nitrogens with one attached hydrogen (secondary N) is 1. The molecule has 0 heterocycles. The summed E-state index contributed by atoms with van der Waals surface area (Å²) < 4.78 is 0. The summed E-state index contributed by atoms with van der Waals surface area (Å²) in [5.74, 6) is 0.843. The van der Waals surface area contributed by atoms with Gasteiger partial charge in [0.2, 0.25) is 0 Å². The Morgan fingerprint density at radius 2 is 2.19 bits per heavy atom. The molecule has 1 aromatic carbocycles. The first-order valence-corrected chi connectivity index (χ1v) is 6.61. The van der Waals surface area contributed by atoms with Gasteiger partial charge >= 0.3 is 0 Å². The second kappa shape index (κ2) is 5.09. The molecule has 0 radical (unpaired) electrons. The van der Waals surface area contributed by atoms with E-state index in [4.69, 9.17) is 11.6 Å². The molecule has 0 aromatic heterocycles. The van der Waals surface area contributed by atoms with Crippen molar-refractivity contribution in [3.63, 3.8) is 0 Å². The molecule has 1 aliphatic carbocycles. The molecule has 0 amide bonds. The van der Waals surface area contributed by atoms with Crippen LogP contribution in [0.5, 0.6) is 0 Å². The molecule has 2 heteroatoms. The van der Waals surface area contributed by atoms with E-state index in [0.29, 0.717) is 6.04 Å². The topological polar surface area (TPSA) is 12.0 Å². The zero-order valence-corrected chi connectivity index (χ0v) is 10.8. The minimum atomic E-state index is 0.657. The largest absolute Gasteiger partial charge is 0.382 e. The van der Waals surface area contributed by atoms with Crippen LogP contribution in [0.2, 0.25) is 5.02 Å². The molecular weight excluding hydrogens is 218 g/mol. The molecule has 2 atom stereocenters.